The van der Waals surface area contributed by atoms with E-state index in [2.05, 4.69) is 20.8 Å². The van der Waals surface area contributed by atoms with Crippen LogP contribution < -0.4 is 10.6 Å². The molecule has 1 amide bonds. The first-order chi connectivity index (χ1) is 18.5. The van der Waals surface area contributed by atoms with E-state index >= 15 is 0 Å². The normalized spacial score (nSPS) is 12.6. The molecule has 2 N–H and O–H groups in total. The van der Waals surface area contributed by atoms with Gasteiger partial charge in [-0.3, -0.25) is 14.4 Å². The van der Waals surface area contributed by atoms with Gasteiger partial charge in [-0.25, -0.2) is 0 Å². The Balaban J connectivity index is 1.37. The molecule has 1 aliphatic rings. The first-order valence-corrected chi connectivity index (χ1v) is 13.7. The van der Waals surface area contributed by atoms with E-state index in [4.69, 9.17) is 30.8 Å². The number of carbonyl (C=O) groups is 1. The van der Waals surface area contributed by atoms with Gasteiger partial charge in [0.1, 0.15) is 17.4 Å². The smallest absolute Gasteiger partial charge is 0.261 e. The molecule has 12 heteroatoms. The molecule has 0 unspecified atom stereocenters. The van der Waals surface area contributed by atoms with Gasteiger partial charge in [0.2, 0.25) is 0 Å². The zero-order valence-electron chi connectivity index (χ0n) is 21.9. The van der Waals surface area contributed by atoms with Crippen molar-refractivity contribution in [2.75, 3.05) is 59.8 Å². The van der Waals surface area contributed by atoms with Gasteiger partial charge >= 0.3 is 0 Å². The maximum absolute atomic E-state index is 13.2. The lowest BCUT2D eigenvalue weighted by molar-refractivity contribution is 0.0159. The predicted molar refractivity (Wildman–Crippen MR) is 148 cm³/mol. The summed E-state index contributed by atoms with van der Waals surface area (Å²) in [6.45, 7) is 8.54. The Morgan fingerprint density at radius 3 is 2.34 bits per heavy atom. The molecule has 0 saturated heterocycles. The molecule has 10 nitrogen and oxygen atoms in total. The van der Waals surface area contributed by atoms with Crippen LogP contribution in [0.15, 0.2) is 29.3 Å². The van der Waals surface area contributed by atoms with Crippen molar-refractivity contribution >= 4 is 34.6 Å². The number of ether oxygens (including phenoxy) is 3. The van der Waals surface area contributed by atoms with Gasteiger partial charge in [0, 0.05) is 29.2 Å². The molecule has 2 aromatic heterocycles. The van der Waals surface area contributed by atoms with Crippen LogP contribution in [0.4, 0.5) is 0 Å². The molecule has 1 aliphatic heterocycles. The Morgan fingerprint density at radius 2 is 1.66 bits per heavy atom. The molecule has 1 aromatic carbocycles. The van der Waals surface area contributed by atoms with Gasteiger partial charge in [0.25, 0.3) is 5.91 Å². The number of aliphatic imine (C=N–C) groups is 1. The van der Waals surface area contributed by atoms with E-state index in [0.29, 0.717) is 62.6 Å². The lowest BCUT2D eigenvalue weighted by Gasteiger charge is -2.09. The molecule has 3 heterocycles. The van der Waals surface area contributed by atoms with Gasteiger partial charge in [-0.1, -0.05) is 23.7 Å². The van der Waals surface area contributed by atoms with Crippen LogP contribution in [0.3, 0.4) is 0 Å². The number of rotatable bonds is 14. The number of hydrogen-bond donors (Lipinski definition) is 2. The molecule has 204 valence electrons. The molecule has 0 atom stereocenters. The standard InChI is InChI=1S/C26H33ClN6O4S/c1-17-22-23(19-4-6-20(27)7-5-19)30-16-21-32-31-18(2)33(21)26(22)38-24(17)25(34)29-9-11-36-13-15-37-14-12-35-10-8-28-3/h4-7,28H,8-16H2,1-3H3,(H,29,34). The summed E-state index contributed by atoms with van der Waals surface area (Å²) in [6.07, 6.45) is 0. The topological polar surface area (TPSA) is 112 Å². The van der Waals surface area contributed by atoms with Crippen molar-refractivity contribution < 1.29 is 19.0 Å². The Morgan fingerprint density at radius 1 is 1.00 bits per heavy atom. The van der Waals surface area contributed by atoms with E-state index < -0.39 is 0 Å². The number of hydrogen-bond acceptors (Lipinski definition) is 9. The fourth-order valence-electron chi connectivity index (χ4n) is 4.03. The third-order valence-electron chi connectivity index (χ3n) is 5.93. The Bertz CT molecular complexity index is 1260. The number of halogens is 1. The highest BCUT2D eigenvalue weighted by Gasteiger charge is 2.29. The molecule has 4 rings (SSSR count). The van der Waals surface area contributed by atoms with Crippen LogP contribution in [0.1, 0.15) is 38.0 Å². The number of likely N-dealkylation sites (N-methyl/N-ethyl adjacent to an activating group) is 1. The maximum atomic E-state index is 13.2. The summed E-state index contributed by atoms with van der Waals surface area (Å²) in [5.74, 6) is 1.34. The van der Waals surface area contributed by atoms with E-state index in [1.165, 1.54) is 11.3 Å². The molecule has 0 fully saturated rings. The number of aromatic nitrogens is 3. The lowest BCUT2D eigenvalue weighted by Crippen LogP contribution is -2.27. The molecule has 0 aliphatic carbocycles. The van der Waals surface area contributed by atoms with Gasteiger partial charge in [-0.2, -0.15) is 0 Å². The highest BCUT2D eigenvalue weighted by molar-refractivity contribution is 7.17. The van der Waals surface area contributed by atoms with Crippen molar-refractivity contribution in [3.63, 3.8) is 0 Å². The molecule has 0 spiro atoms. The van der Waals surface area contributed by atoms with E-state index in [9.17, 15) is 4.79 Å². The minimum Gasteiger partial charge on any atom is -0.378 e. The van der Waals surface area contributed by atoms with Crippen LogP contribution >= 0.6 is 22.9 Å². The van der Waals surface area contributed by atoms with Gasteiger partial charge in [0.15, 0.2) is 5.82 Å². The Hall–Kier alpha value is -2.67. The second kappa shape index (κ2) is 13.9. The van der Waals surface area contributed by atoms with Gasteiger partial charge in [-0.05, 0) is 38.6 Å². The van der Waals surface area contributed by atoms with Crippen LogP contribution in [0, 0.1) is 13.8 Å². The number of benzene rings is 1. The lowest BCUT2D eigenvalue weighted by atomic mass is 9.99. The number of thiophene rings is 1. The molecule has 38 heavy (non-hydrogen) atoms. The van der Waals surface area contributed by atoms with Crippen molar-refractivity contribution in [3.8, 4) is 5.00 Å². The highest BCUT2D eigenvalue weighted by atomic mass is 35.5. The largest absolute Gasteiger partial charge is 0.378 e. The number of fused-ring (bicyclic) bond motifs is 3. The van der Waals surface area contributed by atoms with Crippen LogP contribution in [-0.2, 0) is 20.8 Å². The average Bonchev–Trinajstić information content (AvgIpc) is 3.39. The number of carbonyl (C=O) groups excluding carboxylic acids is 1. The van der Waals surface area contributed by atoms with Gasteiger partial charge < -0.3 is 24.8 Å². The minimum atomic E-state index is -0.151. The molecule has 0 bridgehead atoms. The third-order valence-corrected chi connectivity index (χ3v) is 7.46. The van der Waals surface area contributed by atoms with E-state index in [-0.39, 0.29) is 5.91 Å². The van der Waals surface area contributed by atoms with Crippen molar-refractivity contribution in [3.05, 3.63) is 62.5 Å². The van der Waals surface area contributed by atoms with Crippen molar-refractivity contribution in [2.24, 2.45) is 4.99 Å². The SMILES string of the molecule is CNCCOCCOCCOCCNC(=O)c1sc2c(c1C)C(c1ccc(Cl)cc1)=NCc1nnc(C)n1-2. The third kappa shape index (κ3) is 6.85. The molecular formula is C26H33ClN6O4S. The monoisotopic (exact) mass is 560 g/mol. The minimum absolute atomic E-state index is 0.151. The Labute approximate surface area is 231 Å². The second-order valence-electron chi connectivity index (χ2n) is 8.60. The maximum Gasteiger partial charge on any atom is 0.261 e. The summed E-state index contributed by atoms with van der Waals surface area (Å²) in [7, 11) is 1.89. The first kappa shape index (κ1) is 28.3. The average molecular weight is 561 g/mol. The van der Waals surface area contributed by atoms with Crippen molar-refractivity contribution in [2.45, 2.75) is 20.4 Å². The van der Waals surface area contributed by atoms with Crippen molar-refractivity contribution in [1.29, 1.82) is 0 Å². The fourth-order valence-corrected chi connectivity index (χ4v) is 5.45. The number of amides is 1. The molecule has 0 radical (unpaired) electrons. The van der Waals surface area contributed by atoms with E-state index in [1.807, 2.05) is 49.7 Å². The Kier molecular flexibility index (Phi) is 10.4. The van der Waals surface area contributed by atoms with Gasteiger partial charge in [-0.15, -0.1) is 21.5 Å². The van der Waals surface area contributed by atoms with Crippen LogP contribution in [0.25, 0.3) is 5.00 Å². The fraction of sp³-hybridized carbons (Fsp3) is 0.462. The van der Waals surface area contributed by atoms with Crippen LogP contribution in [0.5, 0.6) is 0 Å². The summed E-state index contributed by atoms with van der Waals surface area (Å²) in [5, 5.41) is 16.1. The zero-order valence-corrected chi connectivity index (χ0v) is 23.5. The summed E-state index contributed by atoms with van der Waals surface area (Å²) in [6, 6.07) is 7.57. The van der Waals surface area contributed by atoms with E-state index in [1.54, 1.807) is 0 Å². The molecule has 0 saturated carbocycles. The number of nitrogens with zero attached hydrogens (tertiary/aromatic N) is 4. The van der Waals surface area contributed by atoms with Gasteiger partial charge in [0.05, 0.1) is 50.2 Å². The zero-order chi connectivity index (χ0) is 26.9. The molecular weight excluding hydrogens is 528 g/mol. The van der Waals surface area contributed by atoms with Crippen molar-refractivity contribution in [1.82, 2.24) is 25.4 Å². The first-order valence-electron chi connectivity index (χ1n) is 12.5. The van der Waals surface area contributed by atoms with Crippen LogP contribution in [0.2, 0.25) is 5.02 Å². The second-order valence-corrected chi connectivity index (χ2v) is 10.0. The highest BCUT2D eigenvalue weighted by Crippen LogP contribution is 2.36. The van der Waals surface area contributed by atoms with E-state index in [0.717, 1.165) is 45.6 Å². The summed E-state index contributed by atoms with van der Waals surface area (Å²) < 4.78 is 18.5. The predicted octanol–water partition coefficient (Wildman–Crippen LogP) is 2.95. The van der Waals surface area contributed by atoms with Crippen LogP contribution in [-0.4, -0.2) is 86.2 Å². The summed E-state index contributed by atoms with van der Waals surface area (Å²) in [4.78, 5) is 18.7. The summed E-state index contributed by atoms with van der Waals surface area (Å²) in [5.41, 5.74) is 3.51. The summed E-state index contributed by atoms with van der Waals surface area (Å²) >= 11 is 7.54. The quantitative estimate of drug-likeness (QED) is 0.292. The number of nitrogens with one attached hydrogen (secondary N) is 2. The number of aryl methyl sites for hydroxylation is 1. The molecule has 3 aromatic rings.